The van der Waals surface area contributed by atoms with E-state index in [9.17, 15) is 0 Å². The second kappa shape index (κ2) is 17.2. The van der Waals surface area contributed by atoms with Crippen molar-refractivity contribution in [2.24, 2.45) is 0 Å². The standard InChI is InChI=1S/C37H32N3O.C15H18GeN.Ir/c1-22(2)28-20-26(25-13-7-6-8-14-25)21-29(23(3)4)35(28)40-31-16-10-9-15-30(31)39-37(40)27-18-19-38-34-33-24(5)12-11-17-32(33)41-36(27)34;1-12-5-7-13(8-6-12)15-10-9-14(11-17-15)16(2,3)4;/h6-17,19-23H,1-5H3;5-7,9-11H,1-4H3;/q2*-1;. The average molecular weight is 1010 g/mol. The van der Waals surface area contributed by atoms with Crippen LogP contribution in [0, 0.1) is 26.0 Å². The van der Waals surface area contributed by atoms with E-state index in [1.165, 1.54) is 37.9 Å². The number of nitrogens with zero attached hydrogens (tertiary/aromatic N) is 4. The maximum Gasteiger partial charge on any atom is 0.119 e. The minimum atomic E-state index is -1.73. The Morgan fingerprint density at radius 1 is 0.712 bits per heavy atom. The van der Waals surface area contributed by atoms with Crippen molar-refractivity contribution in [2.75, 3.05) is 0 Å². The molecule has 0 saturated carbocycles. The van der Waals surface area contributed by atoms with Gasteiger partial charge in [-0.3, -0.25) is 9.97 Å². The summed E-state index contributed by atoms with van der Waals surface area (Å²) in [6.07, 6.45) is 3.80. The third-order valence-corrected chi connectivity index (χ3v) is 15.2. The fourth-order valence-corrected chi connectivity index (χ4v) is 9.85. The van der Waals surface area contributed by atoms with E-state index in [2.05, 4.69) is 171 Å². The number of benzene rings is 5. The van der Waals surface area contributed by atoms with E-state index in [1.54, 1.807) is 6.20 Å². The Morgan fingerprint density at radius 3 is 2.07 bits per heavy atom. The Kier molecular flexibility index (Phi) is 12.3. The summed E-state index contributed by atoms with van der Waals surface area (Å²) in [7, 11) is 0. The van der Waals surface area contributed by atoms with Gasteiger partial charge in [-0.2, -0.15) is 0 Å². The van der Waals surface area contributed by atoms with E-state index < -0.39 is 13.3 Å². The number of imidazole rings is 1. The summed E-state index contributed by atoms with van der Waals surface area (Å²) >= 11 is -1.73. The SMILES string of the molecule is Cc1c[c-]c(-c2cc[c]([Ge]([CH3])([CH3])[CH3])cn2)cc1.Cc1cccc2oc3c(-c4nc5ccccc5n4-c4c(C(C)C)cc(-c5ccccc5)cc4C(C)C)[c-]cnc3c12.[Ir]. The molecule has 0 aliphatic carbocycles. The maximum atomic E-state index is 6.49. The summed E-state index contributed by atoms with van der Waals surface area (Å²) in [6.45, 7) is 13.3. The Morgan fingerprint density at radius 2 is 1.42 bits per heavy atom. The van der Waals surface area contributed by atoms with Crippen molar-refractivity contribution in [1.82, 2.24) is 19.5 Å². The van der Waals surface area contributed by atoms with Crippen LogP contribution in [0.2, 0.25) is 17.3 Å². The predicted octanol–water partition coefficient (Wildman–Crippen LogP) is 13.4. The van der Waals surface area contributed by atoms with Crippen LogP contribution in [0.25, 0.3) is 72.6 Å². The molecule has 4 heterocycles. The number of furan rings is 1. The number of aryl methyl sites for hydroxylation is 2. The van der Waals surface area contributed by atoms with Gasteiger partial charge < -0.3 is 8.98 Å². The van der Waals surface area contributed by atoms with Crippen molar-refractivity contribution in [2.45, 2.75) is 70.6 Å². The number of hydrogen-bond acceptors (Lipinski definition) is 4. The number of rotatable bonds is 7. The first-order chi connectivity index (χ1) is 27.9. The Labute approximate surface area is 364 Å². The van der Waals surface area contributed by atoms with Gasteiger partial charge in [0.2, 0.25) is 0 Å². The third-order valence-electron chi connectivity index (χ3n) is 10.9. The minimum Gasteiger partial charge on any atom is -0.513 e. The van der Waals surface area contributed by atoms with Crippen molar-refractivity contribution in [3.8, 4) is 39.5 Å². The topological polar surface area (TPSA) is 56.7 Å². The van der Waals surface area contributed by atoms with Crippen LogP contribution in [-0.4, -0.2) is 32.8 Å². The summed E-state index contributed by atoms with van der Waals surface area (Å²) in [4.78, 5) is 14.5. The monoisotopic (exact) mass is 1010 g/mol. The Bertz CT molecular complexity index is 2860. The number of hydrogen-bond donors (Lipinski definition) is 0. The molecular formula is C52H50GeIrN4O-2. The molecular weight excluding hydrogens is 961 g/mol. The summed E-state index contributed by atoms with van der Waals surface area (Å²) in [5.74, 6) is 8.54. The molecule has 299 valence electrons. The Hall–Kier alpha value is -5.14. The first kappa shape index (κ1) is 42.0. The zero-order valence-corrected chi connectivity index (χ0v) is 39.8. The molecule has 59 heavy (non-hydrogen) atoms. The van der Waals surface area contributed by atoms with Crippen molar-refractivity contribution < 1.29 is 24.5 Å². The van der Waals surface area contributed by atoms with Gasteiger partial charge in [-0.05, 0) is 83.1 Å². The second-order valence-corrected chi connectivity index (χ2v) is 27.6. The van der Waals surface area contributed by atoms with E-state index in [0.717, 1.165) is 55.7 Å². The maximum absolute atomic E-state index is 6.49. The number of para-hydroxylation sites is 2. The molecule has 4 aromatic heterocycles. The number of aromatic nitrogens is 4. The molecule has 0 N–H and O–H groups in total. The molecule has 1 radical (unpaired) electrons. The summed E-state index contributed by atoms with van der Waals surface area (Å²) in [5.41, 5.74) is 15.9. The Balaban J connectivity index is 0.000000247. The molecule has 0 aliphatic rings. The van der Waals surface area contributed by atoms with Crippen molar-refractivity contribution >= 4 is 50.8 Å². The van der Waals surface area contributed by atoms with Crippen LogP contribution in [-0.2, 0) is 20.1 Å². The van der Waals surface area contributed by atoms with Crippen LogP contribution in [0.5, 0.6) is 0 Å². The minimum absolute atomic E-state index is 0. The molecule has 0 atom stereocenters. The normalized spacial score (nSPS) is 11.6. The second-order valence-electron chi connectivity index (χ2n) is 16.9. The van der Waals surface area contributed by atoms with Crippen LogP contribution in [0.1, 0.15) is 61.8 Å². The molecule has 0 spiro atoms. The van der Waals surface area contributed by atoms with Crippen LogP contribution in [0.4, 0.5) is 0 Å². The van der Waals surface area contributed by atoms with Crippen LogP contribution >= 0.6 is 0 Å². The largest absolute Gasteiger partial charge is 0.513 e. The van der Waals surface area contributed by atoms with Gasteiger partial charge in [0.1, 0.15) is 5.58 Å². The first-order valence-electron chi connectivity index (χ1n) is 20.2. The van der Waals surface area contributed by atoms with Crippen LogP contribution < -0.4 is 4.40 Å². The molecule has 0 aliphatic heterocycles. The van der Waals surface area contributed by atoms with E-state index in [-0.39, 0.29) is 31.9 Å². The van der Waals surface area contributed by atoms with Gasteiger partial charge in [0.25, 0.3) is 0 Å². The molecule has 0 unspecified atom stereocenters. The molecule has 9 aromatic rings. The quantitative estimate of drug-likeness (QED) is 0.118. The summed E-state index contributed by atoms with van der Waals surface area (Å²) in [6, 6.07) is 47.1. The fourth-order valence-electron chi connectivity index (χ4n) is 7.68. The smallest absolute Gasteiger partial charge is 0.119 e. The molecule has 0 amide bonds. The van der Waals surface area contributed by atoms with Crippen molar-refractivity contribution in [3.63, 3.8) is 0 Å². The van der Waals surface area contributed by atoms with E-state index in [0.29, 0.717) is 5.58 Å². The van der Waals surface area contributed by atoms with Crippen molar-refractivity contribution in [3.05, 3.63) is 162 Å². The van der Waals surface area contributed by atoms with E-state index >= 15 is 0 Å². The third kappa shape index (κ3) is 8.36. The summed E-state index contributed by atoms with van der Waals surface area (Å²) in [5, 5.41) is 1.04. The molecule has 5 aromatic carbocycles. The molecule has 0 bridgehead atoms. The molecule has 0 fully saturated rings. The van der Waals surface area contributed by atoms with E-state index in [4.69, 9.17) is 14.4 Å². The average Bonchev–Trinajstić information content (AvgIpc) is 3.80. The van der Waals surface area contributed by atoms with Gasteiger partial charge in [-0.25, -0.2) is 0 Å². The van der Waals surface area contributed by atoms with Crippen LogP contribution in [0.15, 0.2) is 132 Å². The van der Waals surface area contributed by atoms with Gasteiger partial charge in [-0.1, -0.05) is 82.3 Å². The zero-order valence-electron chi connectivity index (χ0n) is 35.3. The van der Waals surface area contributed by atoms with Gasteiger partial charge >= 0.3 is 106 Å². The van der Waals surface area contributed by atoms with E-state index in [1.807, 2.05) is 30.5 Å². The molecule has 9 rings (SSSR count). The zero-order chi connectivity index (χ0) is 40.7. The summed E-state index contributed by atoms with van der Waals surface area (Å²) < 4.78 is 10.3. The fraction of sp³-hybridized carbons (Fsp3) is 0.212. The van der Waals surface area contributed by atoms with Gasteiger partial charge in [-0.15, -0.1) is 11.6 Å². The number of fused-ring (bicyclic) bond motifs is 4. The first-order valence-corrected chi connectivity index (χ1v) is 27.6. The van der Waals surface area contributed by atoms with Crippen LogP contribution in [0.3, 0.4) is 0 Å². The predicted molar refractivity (Wildman–Crippen MR) is 245 cm³/mol. The molecule has 7 heteroatoms. The van der Waals surface area contributed by atoms with Gasteiger partial charge in [0.05, 0.1) is 22.1 Å². The molecule has 5 nitrogen and oxygen atoms in total. The van der Waals surface area contributed by atoms with Gasteiger partial charge in [0, 0.05) is 37.0 Å². The molecule has 0 saturated heterocycles. The van der Waals surface area contributed by atoms with Gasteiger partial charge in [0.15, 0.2) is 0 Å². The van der Waals surface area contributed by atoms with Crippen molar-refractivity contribution in [1.29, 1.82) is 0 Å². The number of pyridine rings is 2.